The van der Waals surface area contributed by atoms with Gasteiger partial charge in [0.1, 0.15) is 5.76 Å². The lowest BCUT2D eigenvalue weighted by molar-refractivity contribution is -0.138. The number of aliphatic hydroxyl groups is 1. The number of esters is 1. The van der Waals surface area contributed by atoms with Crippen molar-refractivity contribution in [3.8, 4) is 0 Å². The number of rotatable bonds is 6. The van der Waals surface area contributed by atoms with Gasteiger partial charge >= 0.3 is 5.97 Å². The van der Waals surface area contributed by atoms with Crippen LogP contribution in [0.25, 0.3) is 0 Å². The Kier molecular flexibility index (Phi) is 6.82. The molecule has 1 rings (SSSR count). The number of ether oxygens (including phenoxy) is 1. The fourth-order valence-corrected chi connectivity index (χ4v) is 1.49. The molecule has 4 nitrogen and oxygen atoms in total. The molecule has 1 aromatic rings. The van der Waals surface area contributed by atoms with Crippen molar-refractivity contribution in [2.45, 2.75) is 20.4 Å². The fraction of sp³-hybridized carbons (Fsp3) is 0.250. The van der Waals surface area contributed by atoms with Crippen LogP contribution in [0.2, 0.25) is 0 Å². The molecule has 0 aromatic heterocycles. The van der Waals surface area contributed by atoms with Crippen LogP contribution in [0.15, 0.2) is 58.8 Å². The summed E-state index contributed by atoms with van der Waals surface area (Å²) in [5, 5.41) is 9.43. The highest BCUT2D eigenvalue weighted by Crippen LogP contribution is 2.05. The second kappa shape index (κ2) is 8.69. The Morgan fingerprint density at radius 2 is 2.05 bits per heavy atom. The molecule has 0 fully saturated rings. The van der Waals surface area contributed by atoms with Crippen molar-refractivity contribution < 1.29 is 14.6 Å². The number of benzene rings is 1. The van der Waals surface area contributed by atoms with Crippen LogP contribution in [0.5, 0.6) is 0 Å². The van der Waals surface area contributed by atoms with Crippen molar-refractivity contribution in [3.63, 3.8) is 0 Å². The highest BCUT2D eigenvalue weighted by Gasteiger charge is 2.09. The van der Waals surface area contributed by atoms with E-state index < -0.39 is 5.97 Å². The van der Waals surface area contributed by atoms with Crippen molar-refractivity contribution in [1.82, 2.24) is 0 Å². The van der Waals surface area contributed by atoms with Crippen molar-refractivity contribution in [2.75, 3.05) is 6.61 Å². The van der Waals surface area contributed by atoms with E-state index >= 15 is 0 Å². The zero-order valence-corrected chi connectivity index (χ0v) is 11.7. The fourth-order valence-electron chi connectivity index (χ4n) is 1.49. The summed E-state index contributed by atoms with van der Waals surface area (Å²) < 4.78 is 4.84. The van der Waals surface area contributed by atoms with Gasteiger partial charge in [0.15, 0.2) is 0 Å². The molecule has 20 heavy (non-hydrogen) atoms. The van der Waals surface area contributed by atoms with E-state index in [0.29, 0.717) is 6.54 Å². The summed E-state index contributed by atoms with van der Waals surface area (Å²) in [7, 11) is 0. The second-order valence-electron chi connectivity index (χ2n) is 4.05. The van der Waals surface area contributed by atoms with Crippen LogP contribution in [0.1, 0.15) is 19.4 Å². The topological polar surface area (TPSA) is 58.9 Å². The highest BCUT2D eigenvalue weighted by molar-refractivity contribution is 5.93. The Balaban J connectivity index is 2.58. The summed E-state index contributed by atoms with van der Waals surface area (Å²) in [5.74, 6) is -0.614. The molecule has 1 aromatic carbocycles. The zero-order chi connectivity index (χ0) is 14.8. The first-order chi connectivity index (χ1) is 9.65. The minimum atomic E-state index is -0.541. The van der Waals surface area contributed by atoms with E-state index in [1.54, 1.807) is 19.2 Å². The Hall–Kier alpha value is -2.36. The zero-order valence-electron chi connectivity index (χ0n) is 11.7. The first-order valence-corrected chi connectivity index (χ1v) is 6.42. The van der Waals surface area contributed by atoms with E-state index in [-0.39, 0.29) is 17.9 Å². The lowest BCUT2D eigenvalue weighted by Crippen LogP contribution is -2.07. The maximum atomic E-state index is 11.5. The number of aliphatic hydroxyl groups excluding tert-OH is 1. The molecule has 0 spiro atoms. The largest absolute Gasteiger partial charge is 0.512 e. The Morgan fingerprint density at radius 3 is 2.65 bits per heavy atom. The van der Waals surface area contributed by atoms with E-state index in [4.69, 9.17) is 4.74 Å². The molecule has 106 valence electrons. The van der Waals surface area contributed by atoms with Gasteiger partial charge in [0.25, 0.3) is 0 Å². The second-order valence-corrected chi connectivity index (χ2v) is 4.05. The standard InChI is InChI=1S/C16H19NO3/c1-3-20-16(19)15(13(2)18)10-7-11-17-12-14-8-5-4-6-9-14/h4-11,18H,3,12H2,1-2H3/b10-7+,15-13+,17-11?. The van der Waals surface area contributed by atoms with E-state index in [1.807, 2.05) is 30.3 Å². The SMILES string of the molecule is CCOC(=O)C(/C=C/C=NCc1ccccc1)=C(\C)O. The van der Waals surface area contributed by atoms with Gasteiger partial charge in [-0.25, -0.2) is 4.79 Å². The first-order valence-electron chi connectivity index (χ1n) is 6.42. The molecule has 0 aliphatic carbocycles. The average molecular weight is 273 g/mol. The highest BCUT2D eigenvalue weighted by atomic mass is 16.5. The molecule has 0 heterocycles. The van der Waals surface area contributed by atoms with Gasteiger partial charge in [0, 0.05) is 6.21 Å². The first kappa shape index (κ1) is 15.7. The van der Waals surface area contributed by atoms with Gasteiger partial charge in [-0.2, -0.15) is 0 Å². The van der Waals surface area contributed by atoms with Gasteiger partial charge in [0.2, 0.25) is 0 Å². The number of hydrogen-bond acceptors (Lipinski definition) is 4. The van der Waals surface area contributed by atoms with Gasteiger partial charge in [-0.05, 0) is 31.6 Å². The minimum absolute atomic E-state index is 0.0730. The molecule has 0 radical (unpaired) electrons. The average Bonchev–Trinajstić information content (AvgIpc) is 2.43. The summed E-state index contributed by atoms with van der Waals surface area (Å²) in [5.41, 5.74) is 1.25. The molecule has 1 N–H and O–H groups in total. The summed E-state index contributed by atoms with van der Waals surface area (Å²) in [6.45, 7) is 4.00. The third-order valence-electron chi connectivity index (χ3n) is 2.46. The van der Waals surface area contributed by atoms with Crippen molar-refractivity contribution >= 4 is 12.2 Å². The smallest absolute Gasteiger partial charge is 0.341 e. The van der Waals surface area contributed by atoms with Gasteiger partial charge in [-0.15, -0.1) is 0 Å². The van der Waals surface area contributed by atoms with Crippen LogP contribution >= 0.6 is 0 Å². The normalized spacial score (nSPS) is 12.7. The molecule has 0 atom stereocenters. The lowest BCUT2D eigenvalue weighted by Gasteiger charge is -2.02. The summed E-state index contributed by atoms with van der Waals surface area (Å²) in [4.78, 5) is 15.7. The third-order valence-corrected chi connectivity index (χ3v) is 2.46. The van der Waals surface area contributed by atoms with Crippen LogP contribution in [0.4, 0.5) is 0 Å². The molecule has 0 amide bonds. The monoisotopic (exact) mass is 273 g/mol. The maximum Gasteiger partial charge on any atom is 0.341 e. The van der Waals surface area contributed by atoms with Gasteiger partial charge < -0.3 is 9.84 Å². The maximum absolute atomic E-state index is 11.5. The molecular formula is C16H19NO3. The lowest BCUT2D eigenvalue weighted by atomic mass is 10.2. The molecular weight excluding hydrogens is 254 g/mol. The van der Waals surface area contributed by atoms with Crippen molar-refractivity contribution in [1.29, 1.82) is 0 Å². The molecule has 0 unspecified atom stereocenters. The van der Waals surface area contributed by atoms with E-state index in [2.05, 4.69) is 4.99 Å². The van der Waals surface area contributed by atoms with E-state index in [0.717, 1.165) is 5.56 Å². The number of nitrogens with zero attached hydrogens (tertiary/aromatic N) is 1. The van der Waals surface area contributed by atoms with Crippen LogP contribution in [-0.2, 0) is 16.1 Å². The summed E-state index contributed by atoms with van der Waals surface area (Å²) in [6.07, 6.45) is 4.69. The number of hydrogen-bond donors (Lipinski definition) is 1. The molecule has 0 bridgehead atoms. The van der Waals surface area contributed by atoms with Crippen LogP contribution in [0, 0.1) is 0 Å². The van der Waals surface area contributed by atoms with Gasteiger partial charge in [-0.3, -0.25) is 4.99 Å². The minimum Gasteiger partial charge on any atom is -0.512 e. The van der Waals surface area contributed by atoms with Crippen LogP contribution in [0.3, 0.4) is 0 Å². The van der Waals surface area contributed by atoms with Crippen LogP contribution in [-0.4, -0.2) is 23.9 Å². The van der Waals surface area contributed by atoms with Crippen molar-refractivity contribution in [2.24, 2.45) is 4.99 Å². The summed E-state index contributed by atoms with van der Waals surface area (Å²) in [6, 6.07) is 9.84. The van der Waals surface area contributed by atoms with Crippen molar-refractivity contribution in [3.05, 3.63) is 59.4 Å². The third kappa shape index (κ3) is 5.52. The number of aliphatic imine (C=N–C) groups is 1. The molecule has 0 aliphatic rings. The van der Waals surface area contributed by atoms with E-state index in [1.165, 1.54) is 13.0 Å². The van der Waals surface area contributed by atoms with E-state index in [9.17, 15) is 9.90 Å². The molecule has 4 heteroatoms. The van der Waals surface area contributed by atoms with Gasteiger partial charge in [0.05, 0.1) is 18.7 Å². The molecule has 0 aliphatic heterocycles. The number of carbonyl (C=O) groups is 1. The number of allylic oxidation sites excluding steroid dienone is 2. The van der Waals surface area contributed by atoms with Crippen LogP contribution < -0.4 is 0 Å². The quantitative estimate of drug-likeness (QED) is 0.285. The Morgan fingerprint density at radius 1 is 1.35 bits per heavy atom. The summed E-state index contributed by atoms with van der Waals surface area (Å²) >= 11 is 0. The molecule has 0 saturated heterocycles. The Labute approximate surface area is 119 Å². The number of carbonyl (C=O) groups excluding carboxylic acids is 1. The predicted molar refractivity (Wildman–Crippen MR) is 79.7 cm³/mol. The van der Waals surface area contributed by atoms with Gasteiger partial charge in [-0.1, -0.05) is 30.3 Å². The predicted octanol–water partition coefficient (Wildman–Crippen LogP) is 3.21. The molecule has 0 saturated carbocycles. The Bertz CT molecular complexity index is 512.